The summed E-state index contributed by atoms with van der Waals surface area (Å²) in [6.45, 7) is 0. The number of rotatable bonds is 4. The number of allylic oxidation sites excluding steroid dienone is 1. The van der Waals surface area contributed by atoms with Crippen LogP contribution in [0.3, 0.4) is 0 Å². The fourth-order valence-electron chi connectivity index (χ4n) is 2.60. The number of fused-ring (bicyclic) bond motifs is 1. The van der Waals surface area contributed by atoms with Crippen LogP contribution in [-0.2, 0) is 0 Å². The zero-order chi connectivity index (χ0) is 18.6. The molecular formula is C22H14BrClN2O. The molecule has 0 aliphatic carbocycles. The summed E-state index contributed by atoms with van der Waals surface area (Å²) in [6, 6.07) is 21.2. The Labute approximate surface area is 170 Å². The van der Waals surface area contributed by atoms with Gasteiger partial charge in [0, 0.05) is 10.7 Å². The zero-order valence-electron chi connectivity index (χ0n) is 14.1. The van der Waals surface area contributed by atoms with E-state index >= 15 is 0 Å². The molecule has 4 aromatic rings. The van der Waals surface area contributed by atoms with E-state index in [2.05, 4.69) is 25.9 Å². The van der Waals surface area contributed by atoms with Crippen molar-refractivity contribution in [3.05, 3.63) is 87.9 Å². The summed E-state index contributed by atoms with van der Waals surface area (Å²) in [5.74, 6) is 0.506. The van der Waals surface area contributed by atoms with Crippen LogP contribution in [-0.4, -0.2) is 11.2 Å². The third kappa shape index (κ3) is 4.18. The molecule has 0 saturated carbocycles. The van der Waals surface area contributed by atoms with Gasteiger partial charge < -0.3 is 4.42 Å². The Kier molecular flexibility index (Phi) is 5.19. The molecule has 132 valence electrons. The van der Waals surface area contributed by atoms with Crippen molar-refractivity contribution >= 4 is 56.6 Å². The highest BCUT2D eigenvalue weighted by Gasteiger charge is 2.11. The number of hydrogen-bond acceptors (Lipinski definition) is 3. The van der Waals surface area contributed by atoms with Crippen LogP contribution in [0.4, 0.5) is 5.69 Å². The lowest BCUT2D eigenvalue weighted by molar-refractivity contribution is 0.620. The van der Waals surface area contributed by atoms with Crippen molar-refractivity contribution in [2.24, 2.45) is 4.99 Å². The molecule has 0 aliphatic heterocycles. The van der Waals surface area contributed by atoms with Crippen LogP contribution >= 0.6 is 27.5 Å². The lowest BCUT2D eigenvalue weighted by atomic mass is 10.2. The van der Waals surface area contributed by atoms with Gasteiger partial charge in [-0.2, -0.15) is 0 Å². The number of benzene rings is 3. The van der Waals surface area contributed by atoms with Crippen LogP contribution in [0, 0.1) is 0 Å². The van der Waals surface area contributed by atoms with E-state index in [1.54, 1.807) is 6.21 Å². The Balaban J connectivity index is 1.55. The molecule has 0 spiro atoms. The van der Waals surface area contributed by atoms with Gasteiger partial charge in [-0.25, -0.2) is 4.98 Å². The SMILES string of the molecule is Clc1ccccc1-c1nc2cc(N=C/C=C\c3ccc(Br)cc3)ccc2o1. The molecule has 3 nitrogen and oxygen atoms in total. The monoisotopic (exact) mass is 436 g/mol. The normalized spacial score (nSPS) is 11.8. The van der Waals surface area contributed by atoms with Crippen molar-refractivity contribution in [1.82, 2.24) is 4.98 Å². The average Bonchev–Trinajstić information content (AvgIpc) is 3.10. The first-order chi connectivity index (χ1) is 13.2. The maximum Gasteiger partial charge on any atom is 0.228 e. The molecule has 0 fully saturated rings. The highest BCUT2D eigenvalue weighted by molar-refractivity contribution is 9.10. The summed E-state index contributed by atoms with van der Waals surface area (Å²) in [4.78, 5) is 9.00. The molecule has 0 amide bonds. The fourth-order valence-corrected chi connectivity index (χ4v) is 3.08. The Morgan fingerprint density at radius 2 is 1.81 bits per heavy atom. The maximum absolute atomic E-state index is 6.23. The molecule has 0 atom stereocenters. The third-order valence-corrected chi connectivity index (χ3v) is 4.80. The number of oxazole rings is 1. The van der Waals surface area contributed by atoms with E-state index in [-0.39, 0.29) is 0 Å². The molecule has 0 N–H and O–H groups in total. The minimum absolute atomic E-state index is 0.506. The second-order valence-electron chi connectivity index (χ2n) is 5.84. The summed E-state index contributed by atoms with van der Waals surface area (Å²) in [6.07, 6.45) is 5.67. The predicted octanol–water partition coefficient (Wildman–Crippen LogP) is 7.33. The number of aromatic nitrogens is 1. The molecule has 1 heterocycles. The van der Waals surface area contributed by atoms with Crippen LogP contribution < -0.4 is 0 Å². The molecular weight excluding hydrogens is 424 g/mol. The van der Waals surface area contributed by atoms with Crippen molar-refractivity contribution in [3.63, 3.8) is 0 Å². The van der Waals surface area contributed by atoms with Gasteiger partial charge in [-0.05, 0) is 54.1 Å². The molecule has 0 unspecified atom stereocenters. The van der Waals surface area contributed by atoms with Gasteiger partial charge in [0.05, 0.1) is 16.3 Å². The molecule has 3 aromatic carbocycles. The molecule has 5 heteroatoms. The second-order valence-corrected chi connectivity index (χ2v) is 7.16. The molecule has 27 heavy (non-hydrogen) atoms. The van der Waals surface area contributed by atoms with E-state index in [1.165, 1.54) is 0 Å². The van der Waals surface area contributed by atoms with Crippen molar-refractivity contribution in [2.45, 2.75) is 0 Å². The minimum Gasteiger partial charge on any atom is -0.436 e. The Bertz CT molecular complexity index is 1150. The van der Waals surface area contributed by atoms with E-state index in [1.807, 2.05) is 78.9 Å². The van der Waals surface area contributed by atoms with Gasteiger partial charge in [0.25, 0.3) is 0 Å². The molecule has 4 rings (SSSR count). The first kappa shape index (κ1) is 17.7. The van der Waals surface area contributed by atoms with Crippen molar-refractivity contribution < 1.29 is 4.42 Å². The molecule has 0 aliphatic rings. The summed E-state index contributed by atoms with van der Waals surface area (Å²) in [5, 5.41) is 0.611. The smallest absolute Gasteiger partial charge is 0.228 e. The van der Waals surface area contributed by atoms with E-state index in [0.29, 0.717) is 16.5 Å². The Hall–Kier alpha value is -2.69. The highest BCUT2D eigenvalue weighted by atomic mass is 79.9. The number of halogens is 2. The van der Waals surface area contributed by atoms with Gasteiger partial charge in [-0.1, -0.05) is 57.9 Å². The van der Waals surface area contributed by atoms with Crippen molar-refractivity contribution in [1.29, 1.82) is 0 Å². The molecule has 0 bridgehead atoms. The summed E-state index contributed by atoms with van der Waals surface area (Å²) >= 11 is 9.65. The van der Waals surface area contributed by atoms with Crippen LogP contribution in [0.5, 0.6) is 0 Å². The van der Waals surface area contributed by atoms with Gasteiger partial charge in [-0.15, -0.1) is 0 Å². The molecule has 0 saturated heterocycles. The van der Waals surface area contributed by atoms with Crippen LogP contribution in [0.1, 0.15) is 5.56 Å². The summed E-state index contributed by atoms with van der Waals surface area (Å²) in [5.41, 5.74) is 4.14. The van der Waals surface area contributed by atoms with Crippen LogP contribution in [0.25, 0.3) is 28.6 Å². The van der Waals surface area contributed by atoms with Crippen LogP contribution in [0.2, 0.25) is 5.02 Å². The zero-order valence-corrected chi connectivity index (χ0v) is 16.5. The standard InChI is InChI=1S/C22H14BrClN2O/c23-16-9-7-15(8-10-16)4-3-13-25-17-11-12-21-20(14-17)26-22(27-21)18-5-1-2-6-19(18)24/h1-14H/b4-3-,25-13?. The maximum atomic E-state index is 6.23. The lowest BCUT2D eigenvalue weighted by Crippen LogP contribution is -1.77. The summed E-state index contributed by atoms with van der Waals surface area (Å²) < 4.78 is 6.88. The van der Waals surface area contributed by atoms with E-state index in [0.717, 1.165) is 26.8 Å². The lowest BCUT2D eigenvalue weighted by Gasteiger charge is -1.96. The number of aliphatic imine (C=N–C) groups is 1. The minimum atomic E-state index is 0.506. The van der Waals surface area contributed by atoms with E-state index in [4.69, 9.17) is 16.0 Å². The van der Waals surface area contributed by atoms with Crippen molar-refractivity contribution in [3.8, 4) is 11.5 Å². The summed E-state index contributed by atoms with van der Waals surface area (Å²) in [7, 11) is 0. The van der Waals surface area contributed by atoms with Gasteiger partial charge in [0.2, 0.25) is 5.89 Å². The Morgan fingerprint density at radius 3 is 2.63 bits per heavy atom. The highest BCUT2D eigenvalue weighted by Crippen LogP contribution is 2.31. The number of nitrogens with zero attached hydrogens (tertiary/aromatic N) is 2. The molecule has 1 aromatic heterocycles. The molecule has 0 radical (unpaired) electrons. The van der Waals surface area contributed by atoms with Gasteiger partial charge in [0.1, 0.15) is 5.52 Å². The number of hydrogen-bond donors (Lipinski definition) is 0. The van der Waals surface area contributed by atoms with Crippen LogP contribution in [0.15, 0.2) is 86.7 Å². The fraction of sp³-hybridized carbons (Fsp3) is 0. The van der Waals surface area contributed by atoms with Crippen molar-refractivity contribution in [2.75, 3.05) is 0 Å². The first-order valence-corrected chi connectivity index (χ1v) is 9.48. The van der Waals surface area contributed by atoms with E-state index < -0.39 is 0 Å². The van der Waals surface area contributed by atoms with Gasteiger partial charge >= 0.3 is 0 Å². The van der Waals surface area contributed by atoms with Gasteiger partial charge in [-0.3, -0.25) is 4.99 Å². The second kappa shape index (κ2) is 7.91. The van der Waals surface area contributed by atoms with E-state index in [9.17, 15) is 0 Å². The van der Waals surface area contributed by atoms with Gasteiger partial charge in [0.15, 0.2) is 5.58 Å². The predicted molar refractivity (Wildman–Crippen MR) is 116 cm³/mol. The first-order valence-electron chi connectivity index (χ1n) is 8.31. The Morgan fingerprint density at radius 1 is 1.00 bits per heavy atom. The largest absolute Gasteiger partial charge is 0.436 e. The quantitative estimate of drug-likeness (QED) is 0.314. The third-order valence-electron chi connectivity index (χ3n) is 3.94. The average molecular weight is 438 g/mol. The topological polar surface area (TPSA) is 38.4 Å².